The number of carbonyl (C=O) groups excluding carboxylic acids is 1. The van der Waals surface area contributed by atoms with Gasteiger partial charge in [-0.1, -0.05) is 0 Å². The third-order valence-corrected chi connectivity index (χ3v) is 2.02. The van der Waals surface area contributed by atoms with Crippen molar-refractivity contribution in [3.8, 4) is 0 Å². The highest BCUT2D eigenvalue weighted by molar-refractivity contribution is 5.84. The fourth-order valence-corrected chi connectivity index (χ4v) is 1.34. The molecule has 0 spiro atoms. The summed E-state index contributed by atoms with van der Waals surface area (Å²) in [4.78, 5) is 13.2. The molecule has 3 heteroatoms. The van der Waals surface area contributed by atoms with Gasteiger partial charge in [0, 0.05) is 13.1 Å². The van der Waals surface area contributed by atoms with Gasteiger partial charge >= 0.3 is 0 Å². The Kier molecular flexibility index (Phi) is 2.73. The molecule has 1 fully saturated rings. The summed E-state index contributed by atoms with van der Waals surface area (Å²) in [6.07, 6.45) is 4.07. The topological polar surface area (TPSA) is 40.5 Å². The van der Waals surface area contributed by atoms with Gasteiger partial charge in [-0.3, -0.25) is 4.79 Å². The molecule has 12 heavy (non-hydrogen) atoms. The van der Waals surface area contributed by atoms with E-state index in [0.717, 1.165) is 25.9 Å². The third-order valence-electron chi connectivity index (χ3n) is 2.02. The van der Waals surface area contributed by atoms with E-state index in [1.54, 1.807) is 4.90 Å². The Balaban J connectivity index is 2.51. The van der Waals surface area contributed by atoms with Crippen molar-refractivity contribution in [3.63, 3.8) is 0 Å². The van der Waals surface area contributed by atoms with E-state index in [9.17, 15) is 9.90 Å². The van der Waals surface area contributed by atoms with Crippen LogP contribution in [0.25, 0.3) is 0 Å². The van der Waals surface area contributed by atoms with Gasteiger partial charge in [-0.15, -0.1) is 0 Å². The minimum absolute atomic E-state index is 0.157. The first-order chi connectivity index (χ1) is 5.52. The maximum Gasteiger partial charge on any atom is 0.253 e. The monoisotopic (exact) mass is 170 g/mol. The highest BCUT2D eigenvalue weighted by Gasteiger charge is 2.29. The van der Waals surface area contributed by atoms with Gasteiger partial charge in [0.15, 0.2) is 0 Å². The van der Waals surface area contributed by atoms with Crippen molar-refractivity contribution >= 4 is 5.91 Å². The molecule has 1 rings (SSSR count). The number of hydrogen-bond acceptors (Lipinski definition) is 2. The molecule has 0 atom stereocenters. The lowest BCUT2D eigenvalue weighted by molar-refractivity contribution is -0.148. The van der Waals surface area contributed by atoms with Crippen LogP contribution in [0, 0.1) is 6.42 Å². The molecule has 3 nitrogen and oxygen atoms in total. The van der Waals surface area contributed by atoms with Gasteiger partial charge < -0.3 is 10.0 Å². The van der Waals surface area contributed by atoms with E-state index in [2.05, 4.69) is 6.42 Å². The number of rotatable bonds is 1. The number of carbonyl (C=O) groups is 1. The van der Waals surface area contributed by atoms with Gasteiger partial charge in [0.25, 0.3) is 5.91 Å². The Morgan fingerprint density at radius 3 is 2.33 bits per heavy atom. The largest absolute Gasteiger partial charge is 0.381 e. The zero-order valence-corrected chi connectivity index (χ0v) is 7.71. The van der Waals surface area contributed by atoms with Gasteiger partial charge in [0.05, 0.1) is 0 Å². The van der Waals surface area contributed by atoms with E-state index in [-0.39, 0.29) is 5.91 Å². The van der Waals surface area contributed by atoms with Gasteiger partial charge in [-0.2, -0.15) is 0 Å². The van der Waals surface area contributed by atoms with E-state index < -0.39 is 5.60 Å². The second kappa shape index (κ2) is 3.44. The lowest BCUT2D eigenvalue weighted by atomic mass is 10.1. The predicted molar refractivity (Wildman–Crippen MR) is 46.4 cm³/mol. The Hall–Kier alpha value is -0.570. The van der Waals surface area contributed by atoms with Gasteiger partial charge in [-0.25, -0.2) is 0 Å². The van der Waals surface area contributed by atoms with Crippen LogP contribution < -0.4 is 0 Å². The summed E-state index contributed by atoms with van der Waals surface area (Å²) in [5.74, 6) is -0.157. The van der Waals surface area contributed by atoms with Crippen LogP contribution in [0.1, 0.15) is 26.7 Å². The summed E-state index contributed by atoms with van der Waals surface area (Å²) in [5, 5.41) is 9.44. The first-order valence-corrected chi connectivity index (χ1v) is 4.35. The summed E-state index contributed by atoms with van der Waals surface area (Å²) in [5.41, 5.74) is -1.21. The molecule has 1 radical (unpaired) electrons. The molecule has 69 valence electrons. The normalized spacial score (nSPS) is 19.4. The van der Waals surface area contributed by atoms with Crippen LogP contribution in [0.5, 0.6) is 0 Å². The summed E-state index contributed by atoms with van der Waals surface area (Å²) in [6, 6.07) is 0. The summed E-state index contributed by atoms with van der Waals surface area (Å²) in [7, 11) is 0. The van der Waals surface area contributed by atoms with Crippen molar-refractivity contribution in [2.24, 2.45) is 0 Å². The molecule has 0 bridgehead atoms. The summed E-state index contributed by atoms with van der Waals surface area (Å²) in [6.45, 7) is 4.58. The molecule has 1 aliphatic rings. The molecule has 0 saturated carbocycles. The highest BCUT2D eigenvalue weighted by atomic mass is 16.3. The van der Waals surface area contributed by atoms with Crippen molar-refractivity contribution in [3.05, 3.63) is 6.42 Å². The van der Waals surface area contributed by atoms with Crippen LogP contribution in [0.3, 0.4) is 0 Å². The van der Waals surface area contributed by atoms with Gasteiger partial charge in [-0.05, 0) is 33.1 Å². The van der Waals surface area contributed by atoms with Crippen molar-refractivity contribution in [2.45, 2.75) is 32.3 Å². The molecule has 0 aromatic heterocycles. The Morgan fingerprint density at radius 2 is 1.92 bits per heavy atom. The van der Waals surface area contributed by atoms with Gasteiger partial charge in [0.1, 0.15) is 5.60 Å². The minimum atomic E-state index is -1.21. The van der Waals surface area contributed by atoms with Gasteiger partial charge in [0.2, 0.25) is 0 Å². The molecule has 1 saturated heterocycles. The first kappa shape index (κ1) is 9.52. The standard InChI is InChI=1S/C9H16NO2/c1-9(2,12)8(11)10-6-4-3-5-7-10/h3,12H,4-7H2,1-2H3. The average molecular weight is 170 g/mol. The molecular weight excluding hydrogens is 154 g/mol. The maximum absolute atomic E-state index is 11.5. The predicted octanol–water partition coefficient (Wildman–Crippen LogP) is 0.584. The van der Waals surface area contributed by atoms with E-state index >= 15 is 0 Å². The van der Waals surface area contributed by atoms with E-state index in [1.165, 1.54) is 13.8 Å². The molecule has 0 aromatic rings. The zero-order chi connectivity index (χ0) is 9.19. The number of amides is 1. The second-order valence-electron chi connectivity index (χ2n) is 3.72. The number of likely N-dealkylation sites (tertiary alicyclic amines) is 1. The molecule has 1 heterocycles. The molecule has 1 aliphatic heterocycles. The van der Waals surface area contributed by atoms with Crippen LogP contribution in [0.4, 0.5) is 0 Å². The number of hydrogen-bond donors (Lipinski definition) is 1. The van der Waals surface area contributed by atoms with Crippen LogP contribution in [-0.4, -0.2) is 34.6 Å². The van der Waals surface area contributed by atoms with Crippen LogP contribution in [0.2, 0.25) is 0 Å². The lowest BCUT2D eigenvalue weighted by Gasteiger charge is -2.31. The number of piperidine rings is 1. The van der Waals surface area contributed by atoms with Crippen LogP contribution in [0.15, 0.2) is 0 Å². The summed E-state index contributed by atoms with van der Waals surface area (Å²) < 4.78 is 0. The fourth-order valence-electron chi connectivity index (χ4n) is 1.34. The Labute approximate surface area is 73.4 Å². The molecular formula is C9H16NO2. The molecule has 0 unspecified atom stereocenters. The lowest BCUT2D eigenvalue weighted by Crippen LogP contribution is -2.47. The highest BCUT2D eigenvalue weighted by Crippen LogP contribution is 2.13. The zero-order valence-electron chi connectivity index (χ0n) is 7.71. The second-order valence-corrected chi connectivity index (χ2v) is 3.72. The molecule has 1 N–H and O–H groups in total. The Bertz CT molecular complexity index is 166. The first-order valence-electron chi connectivity index (χ1n) is 4.35. The minimum Gasteiger partial charge on any atom is -0.381 e. The summed E-state index contributed by atoms with van der Waals surface area (Å²) >= 11 is 0. The van der Waals surface area contributed by atoms with Crippen molar-refractivity contribution in [1.82, 2.24) is 4.90 Å². The molecule has 0 aromatic carbocycles. The average Bonchev–Trinajstić information content (AvgIpc) is 2.03. The van der Waals surface area contributed by atoms with E-state index in [4.69, 9.17) is 0 Å². The molecule has 1 amide bonds. The number of aliphatic hydroxyl groups is 1. The quantitative estimate of drug-likeness (QED) is 0.625. The van der Waals surface area contributed by atoms with Crippen molar-refractivity contribution in [1.29, 1.82) is 0 Å². The van der Waals surface area contributed by atoms with Crippen LogP contribution >= 0.6 is 0 Å². The van der Waals surface area contributed by atoms with E-state index in [1.807, 2.05) is 0 Å². The van der Waals surface area contributed by atoms with E-state index in [0.29, 0.717) is 0 Å². The van der Waals surface area contributed by atoms with Crippen LogP contribution in [-0.2, 0) is 4.79 Å². The van der Waals surface area contributed by atoms with Crippen molar-refractivity contribution in [2.75, 3.05) is 13.1 Å². The fraction of sp³-hybridized carbons (Fsp3) is 0.778. The third kappa shape index (κ3) is 2.21. The Morgan fingerprint density at radius 1 is 1.42 bits per heavy atom. The SMILES string of the molecule is CC(C)(O)C(=O)N1CC[CH]CC1. The van der Waals surface area contributed by atoms with Crippen molar-refractivity contribution < 1.29 is 9.90 Å². The number of nitrogens with zero attached hydrogens (tertiary/aromatic N) is 1. The molecule has 0 aliphatic carbocycles. The maximum atomic E-state index is 11.5. The smallest absolute Gasteiger partial charge is 0.253 e.